The van der Waals surface area contributed by atoms with E-state index in [1.165, 1.54) is 6.07 Å². The molecule has 3 aromatic rings. The molecule has 1 aliphatic rings. The summed E-state index contributed by atoms with van der Waals surface area (Å²) in [6.45, 7) is 2.95. The van der Waals surface area contributed by atoms with Crippen molar-refractivity contribution < 1.29 is 18.1 Å². The Morgan fingerprint density at radius 1 is 1.23 bits per heavy atom. The number of nitrogens with zero attached hydrogens (tertiary/aromatic N) is 3. The van der Waals surface area contributed by atoms with Crippen LogP contribution in [0.25, 0.3) is 11.7 Å². The quantitative estimate of drug-likeness (QED) is 0.669. The van der Waals surface area contributed by atoms with E-state index in [9.17, 15) is 4.39 Å². The van der Waals surface area contributed by atoms with E-state index in [2.05, 4.69) is 15.0 Å². The smallest absolute Gasteiger partial charge is 0.293 e. The Morgan fingerprint density at radius 2 is 2.15 bits per heavy atom. The Kier molecular flexibility index (Phi) is 4.97. The molecule has 7 heteroatoms. The van der Waals surface area contributed by atoms with Crippen molar-refractivity contribution in [2.45, 2.75) is 19.4 Å². The van der Waals surface area contributed by atoms with Crippen LogP contribution in [0.2, 0.25) is 0 Å². The van der Waals surface area contributed by atoms with Gasteiger partial charge in [0, 0.05) is 12.5 Å². The maximum Gasteiger partial charge on any atom is 0.293 e. The van der Waals surface area contributed by atoms with Gasteiger partial charge in [-0.2, -0.15) is 4.98 Å². The van der Waals surface area contributed by atoms with Crippen molar-refractivity contribution in [3.8, 4) is 17.4 Å². The van der Waals surface area contributed by atoms with Crippen LogP contribution < -0.4 is 4.74 Å². The molecule has 0 aliphatic carbocycles. The third-order valence-electron chi connectivity index (χ3n) is 4.48. The van der Waals surface area contributed by atoms with Crippen molar-refractivity contribution in [3.63, 3.8) is 0 Å². The van der Waals surface area contributed by atoms with E-state index in [0.717, 1.165) is 25.9 Å². The third-order valence-corrected chi connectivity index (χ3v) is 4.48. The highest BCUT2D eigenvalue weighted by atomic mass is 19.1. The van der Waals surface area contributed by atoms with E-state index < -0.39 is 0 Å². The fourth-order valence-corrected chi connectivity index (χ4v) is 3.22. The van der Waals surface area contributed by atoms with Gasteiger partial charge in [0.15, 0.2) is 23.2 Å². The van der Waals surface area contributed by atoms with Gasteiger partial charge >= 0.3 is 0 Å². The average Bonchev–Trinajstić information content (AvgIpc) is 3.33. The van der Waals surface area contributed by atoms with Crippen LogP contribution in [0.5, 0.6) is 5.75 Å². The zero-order chi connectivity index (χ0) is 17.8. The number of aromatic nitrogens is 2. The van der Waals surface area contributed by atoms with Crippen LogP contribution in [-0.2, 0) is 6.54 Å². The molecule has 0 amide bonds. The molecule has 0 radical (unpaired) electrons. The Bertz CT molecular complexity index is 834. The lowest BCUT2D eigenvalue weighted by molar-refractivity contribution is 0.120. The molecule has 1 aliphatic heterocycles. The van der Waals surface area contributed by atoms with Gasteiger partial charge in [-0.1, -0.05) is 17.3 Å². The monoisotopic (exact) mass is 357 g/mol. The molecule has 0 bridgehead atoms. The number of benzene rings is 1. The second kappa shape index (κ2) is 7.70. The van der Waals surface area contributed by atoms with Gasteiger partial charge < -0.3 is 13.7 Å². The first-order valence-corrected chi connectivity index (χ1v) is 8.74. The number of halogens is 1. The largest absolute Gasteiger partial charge is 0.490 e. The van der Waals surface area contributed by atoms with Gasteiger partial charge in [0.1, 0.15) is 0 Å². The summed E-state index contributed by atoms with van der Waals surface area (Å²) in [5.41, 5.74) is 0. The highest BCUT2D eigenvalue weighted by Crippen LogP contribution is 2.22. The number of likely N-dealkylation sites (tertiary alicyclic amines) is 1. The van der Waals surface area contributed by atoms with Gasteiger partial charge in [0.05, 0.1) is 19.4 Å². The summed E-state index contributed by atoms with van der Waals surface area (Å²) in [5, 5.41) is 4.03. The number of para-hydroxylation sites is 1. The maximum absolute atomic E-state index is 13.7. The maximum atomic E-state index is 13.7. The second-order valence-electron chi connectivity index (χ2n) is 6.48. The van der Waals surface area contributed by atoms with E-state index in [4.69, 9.17) is 13.7 Å². The minimum absolute atomic E-state index is 0.311. The molecule has 1 aromatic carbocycles. The molecule has 26 heavy (non-hydrogen) atoms. The third kappa shape index (κ3) is 3.94. The fourth-order valence-electron chi connectivity index (χ4n) is 3.22. The van der Waals surface area contributed by atoms with Crippen LogP contribution in [0, 0.1) is 11.7 Å². The minimum Gasteiger partial charge on any atom is -0.490 e. The van der Waals surface area contributed by atoms with Crippen LogP contribution in [0.4, 0.5) is 4.39 Å². The summed E-state index contributed by atoms with van der Waals surface area (Å²) < 4.78 is 29.8. The van der Waals surface area contributed by atoms with Crippen LogP contribution >= 0.6 is 0 Å². The Hall–Kier alpha value is -2.67. The molecule has 136 valence electrons. The van der Waals surface area contributed by atoms with Crippen molar-refractivity contribution in [1.29, 1.82) is 0 Å². The minimum atomic E-state index is -0.322. The Balaban J connectivity index is 1.32. The number of furan rings is 1. The highest BCUT2D eigenvalue weighted by Gasteiger charge is 2.23. The summed E-state index contributed by atoms with van der Waals surface area (Å²) >= 11 is 0. The zero-order valence-corrected chi connectivity index (χ0v) is 14.3. The summed E-state index contributed by atoms with van der Waals surface area (Å²) in [5.74, 6) is 1.93. The molecule has 6 nitrogen and oxygen atoms in total. The summed E-state index contributed by atoms with van der Waals surface area (Å²) in [4.78, 5) is 6.66. The zero-order valence-electron chi connectivity index (χ0n) is 14.3. The SMILES string of the molecule is Fc1ccccc1OC[C@@H]1CCCN(Cc2noc(-c3ccco3)n2)C1. The summed E-state index contributed by atoms with van der Waals surface area (Å²) in [6.07, 6.45) is 3.70. The molecule has 0 spiro atoms. The first-order chi connectivity index (χ1) is 12.8. The second-order valence-corrected chi connectivity index (χ2v) is 6.48. The van der Waals surface area contributed by atoms with Crippen molar-refractivity contribution >= 4 is 0 Å². The van der Waals surface area contributed by atoms with Gasteiger partial charge in [-0.05, 0) is 43.7 Å². The van der Waals surface area contributed by atoms with Crippen LogP contribution in [-0.4, -0.2) is 34.7 Å². The molecule has 1 atom stereocenters. The normalized spacial score (nSPS) is 18.1. The van der Waals surface area contributed by atoms with E-state index in [0.29, 0.717) is 42.3 Å². The van der Waals surface area contributed by atoms with E-state index in [1.54, 1.807) is 36.6 Å². The van der Waals surface area contributed by atoms with E-state index >= 15 is 0 Å². The number of piperidine rings is 1. The molecular weight excluding hydrogens is 337 g/mol. The lowest BCUT2D eigenvalue weighted by Crippen LogP contribution is -2.37. The van der Waals surface area contributed by atoms with Crippen LogP contribution in [0.15, 0.2) is 51.6 Å². The lowest BCUT2D eigenvalue weighted by atomic mass is 9.99. The standard InChI is InChI=1S/C19H20FN3O3/c20-15-6-1-2-7-16(15)25-13-14-5-3-9-23(11-14)12-18-21-19(26-22-18)17-8-4-10-24-17/h1-2,4,6-8,10,14H,3,5,9,11-13H2/t14-/m1/s1. The molecular formula is C19H20FN3O3. The lowest BCUT2D eigenvalue weighted by Gasteiger charge is -2.31. The predicted molar refractivity (Wildman–Crippen MR) is 91.9 cm³/mol. The van der Waals surface area contributed by atoms with Gasteiger partial charge in [0.25, 0.3) is 5.89 Å². The van der Waals surface area contributed by atoms with Gasteiger partial charge in [0.2, 0.25) is 0 Å². The highest BCUT2D eigenvalue weighted by molar-refractivity contribution is 5.42. The molecule has 0 saturated carbocycles. The van der Waals surface area contributed by atoms with Crippen LogP contribution in [0.3, 0.4) is 0 Å². The fraction of sp³-hybridized carbons (Fsp3) is 0.368. The van der Waals surface area contributed by atoms with Crippen LogP contribution in [0.1, 0.15) is 18.7 Å². The average molecular weight is 357 g/mol. The Morgan fingerprint density at radius 3 is 3.00 bits per heavy atom. The summed E-state index contributed by atoms with van der Waals surface area (Å²) in [6, 6.07) is 10.1. The van der Waals surface area contributed by atoms with E-state index in [1.807, 2.05) is 0 Å². The number of ether oxygens (including phenoxy) is 1. The molecule has 3 heterocycles. The number of rotatable bonds is 6. The molecule has 0 unspecified atom stereocenters. The number of hydrogen-bond donors (Lipinski definition) is 0. The molecule has 4 rings (SSSR count). The molecule has 1 fully saturated rings. The molecule has 0 N–H and O–H groups in total. The molecule has 1 saturated heterocycles. The van der Waals surface area contributed by atoms with Gasteiger partial charge in [-0.25, -0.2) is 4.39 Å². The van der Waals surface area contributed by atoms with Crippen molar-refractivity contribution in [2.24, 2.45) is 5.92 Å². The topological polar surface area (TPSA) is 64.5 Å². The predicted octanol–water partition coefficient (Wildman–Crippen LogP) is 3.76. The first-order valence-electron chi connectivity index (χ1n) is 8.74. The van der Waals surface area contributed by atoms with Crippen molar-refractivity contribution in [2.75, 3.05) is 19.7 Å². The molecule has 2 aromatic heterocycles. The van der Waals surface area contributed by atoms with Gasteiger partial charge in [-0.3, -0.25) is 4.90 Å². The first kappa shape index (κ1) is 16.8. The van der Waals surface area contributed by atoms with E-state index in [-0.39, 0.29) is 5.82 Å². The van der Waals surface area contributed by atoms with Crippen molar-refractivity contribution in [1.82, 2.24) is 15.0 Å². The summed E-state index contributed by atoms with van der Waals surface area (Å²) in [7, 11) is 0. The van der Waals surface area contributed by atoms with Gasteiger partial charge in [-0.15, -0.1) is 0 Å². The van der Waals surface area contributed by atoms with Crippen molar-refractivity contribution in [3.05, 3.63) is 54.3 Å². The Labute approximate surface area is 150 Å². The number of hydrogen-bond acceptors (Lipinski definition) is 6.